The smallest absolute Gasteiger partial charge is 0.324 e. The maximum absolute atomic E-state index is 5.79. The van der Waals surface area contributed by atoms with E-state index in [0.29, 0.717) is 11.8 Å². The number of hydrogen-bond acceptors (Lipinski definition) is 8. The molecule has 2 aliphatic rings. The molecule has 1 aliphatic carbocycles. The molecule has 2 fully saturated rings. The Hall–Kier alpha value is -3.13. The molecule has 2 heterocycles. The topological polar surface area (TPSA) is 110 Å². The van der Waals surface area contributed by atoms with Crippen molar-refractivity contribution in [2.24, 2.45) is 22.4 Å². The molecule has 4 rings (SSSR count). The summed E-state index contributed by atoms with van der Waals surface area (Å²) in [6.45, 7) is 14.1. The Labute approximate surface area is 196 Å². The first-order valence-electron chi connectivity index (χ1n) is 11.7. The van der Waals surface area contributed by atoms with Crippen LogP contribution in [0.5, 0.6) is 0 Å². The van der Waals surface area contributed by atoms with Crippen LogP contribution in [0.25, 0.3) is 5.57 Å². The van der Waals surface area contributed by atoms with Gasteiger partial charge in [0.05, 0.1) is 5.41 Å². The third kappa shape index (κ3) is 4.80. The summed E-state index contributed by atoms with van der Waals surface area (Å²) in [6, 6.07) is 9.65. The molecule has 33 heavy (non-hydrogen) atoms. The normalized spacial score (nSPS) is 19.9. The van der Waals surface area contributed by atoms with Crippen LogP contribution in [0.1, 0.15) is 50.6 Å². The monoisotopic (exact) mass is 449 g/mol. The number of aromatic nitrogens is 2. The van der Waals surface area contributed by atoms with Crippen molar-refractivity contribution < 1.29 is 4.52 Å². The molecule has 1 aromatic carbocycles. The summed E-state index contributed by atoms with van der Waals surface area (Å²) in [6.07, 6.45) is 5.81. The Morgan fingerprint density at radius 3 is 2.42 bits per heavy atom. The number of nitrogens with two attached hydrogens (primary N) is 2. The number of benzene rings is 1. The Balaban J connectivity index is 1.54. The van der Waals surface area contributed by atoms with Gasteiger partial charge in [-0.25, -0.2) is 4.99 Å². The van der Waals surface area contributed by atoms with E-state index in [4.69, 9.17) is 21.0 Å². The zero-order chi connectivity index (χ0) is 23.6. The average molecular weight is 450 g/mol. The molecule has 0 amide bonds. The van der Waals surface area contributed by atoms with Crippen molar-refractivity contribution >= 4 is 17.8 Å². The maximum Gasteiger partial charge on any atom is 0.324 e. The van der Waals surface area contributed by atoms with E-state index in [1.165, 1.54) is 19.0 Å². The standard InChI is InChI=1S/C25H35N7O/c1-17(2)25(4,21-7-5-19(6-8-21)20(15-26)16-28-18(3)27)23-29-24(33-30-23)32-13-11-31(12-14-32)22-9-10-22/h5-8,15-17,22H,3,9-14,26-27H2,1-2,4H3/b20-15+,28-16?. The lowest BCUT2D eigenvalue weighted by molar-refractivity contribution is 0.241. The highest BCUT2D eigenvalue weighted by Crippen LogP contribution is 2.38. The summed E-state index contributed by atoms with van der Waals surface area (Å²) in [5.74, 6) is 1.20. The van der Waals surface area contributed by atoms with Crippen LogP contribution >= 0.6 is 0 Å². The molecule has 0 spiro atoms. The van der Waals surface area contributed by atoms with Crippen molar-refractivity contribution in [2.45, 2.75) is 45.1 Å². The molecule has 2 aromatic rings. The molecular formula is C25H35N7O. The minimum absolute atomic E-state index is 0.236. The van der Waals surface area contributed by atoms with E-state index in [2.05, 4.69) is 59.4 Å². The molecule has 176 valence electrons. The zero-order valence-corrected chi connectivity index (χ0v) is 19.9. The van der Waals surface area contributed by atoms with Gasteiger partial charge in [-0.1, -0.05) is 49.8 Å². The lowest BCUT2D eigenvalue weighted by Gasteiger charge is -2.33. The van der Waals surface area contributed by atoms with Gasteiger partial charge < -0.3 is 20.9 Å². The van der Waals surface area contributed by atoms with Crippen molar-refractivity contribution in [3.8, 4) is 0 Å². The molecule has 1 aliphatic heterocycles. The van der Waals surface area contributed by atoms with Crippen LogP contribution < -0.4 is 16.4 Å². The second-order valence-corrected chi connectivity index (χ2v) is 9.46. The Bertz CT molecular complexity index is 1030. The minimum Gasteiger partial charge on any atom is -0.404 e. The lowest BCUT2D eigenvalue weighted by Crippen LogP contribution is -2.47. The van der Waals surface area contributed by atoms with Crippen molar-refractivity contribution in [2.75, 3.05) is 31.1 Å². The summed E-state index contributed by atoms with van der Waals surface area (Å²) < 4.78 is 5.75. The van der Waals surface area contributed by atoms with E-state index >= 15 is 0 Å². The fraction of sp³-hybridized carbons (Fsp3) is 0.480. The van der Waals surface area contributed by atoms with Gasteiger partial charge in [-0.2, -0.15) is 4.98 Å². The summed E-state index contributed by atoms with van der Waals surface area (Å²) in [4.78, 5) is 13.7. The van der Waals surface area contributed by atoms with E-state index in [9.17, 15) is 0 Å². The second-order valence-electron chi connectivity index (χ2n) is 9.46. The van der Waals surface area contributed by atoms with Gasteiger partial charge in [-0.05, 0) is 36.8 Å². The average Bonchev–Trinajstić information content (AvgIpc) is 3.55. The van der Waals surface area contributed by atoms with Crippen molar-refractivity contribution in [3.05, 3.63) is 59.8 Å². The van der Waals surface area contributed by atoms with Gasteiger partial charge >= 0.3 is 6.01 Å². The van der Waals surface area contributed by atoms with Crippen LogP contribution in [0.2, 0.25) is 0 Å². The number of anilines is 1. The van der Waals surface area contributed by atoms with Crippen LogP contribution in [-0.4, -0.2) is 53.5 Å². The number of rotatable bonds is 8. The zero-order valence-electron chi connectivity index (χ0n) is 19.9. The quantitative estimate of drug-likeness (QED) is 0.596. The van der Waals surface area contributed by atoms with Gasteiger partial charge in [-0.3, -0.25) is 4.90 Å². The Morgan fingerprint density at radius 1 is 1.21 bits per heavy atom. The van der Waals surface area contributed by atoms with Crippen molar-refractivity contribution in [3.63, 3.8) is 0 Å². The summed E-state index contributed by atoms with van der Waals surface area (Å²) >= 11 is 0. The fourth-order valence-corrected chi connectivity index (χ4v) is 4.37. The summed E-state index contributed by atoms with van der Waals surface area (Å²) in [5.41, 5.74) is 13.8. The van der Waals surface area contributed by atoms with Crippen LogP contribution in [0.4, 0.5) is 6.01 Å². The molecule has 1 unspecified atom stereocenters. The lowest BCUT2D eigenvalue weighted by atomic mass is 9.72. The van der Waals surface area contributed by atoms with Gasteiger partial charge in [0.15, 0.2) is 5.82 Å². The number of allylic oxidation sites excluding steroid dienone is 1. The number of aliphatic imine (C=N–C) groups is 1. The molecule has 4 N–H and O–H groups in total. The molecule has 1 saturated heterocycles. The molecular weight excluding hydrogens is 414 g/mol. The highest BCUT2D eigenvalue weighted by Gasteiger charge is 2.38. The predicted octanol–water partition coefficient (Wildman–Crippen LogP) is 3.12. The third-order valence-corrected chi connectivity index (χ3v) is 7.05. The second kappa shape index (κ2) is 9.39. The van der Waals surface area contributed by atoms with Gasteiger partial charge in [0.1, 0.15) is 5.82 Å². The van der Waals surface area contributed by atoms with E-state index < -0.39 is 5.41 Å². The number of hydrogen-bond donors (Lipinski definition) is 2. The Kier molecular flexibility index (Phi) is 6.56. The Morgan fingerprint density at radius 2 is 1.88 bits per heavy atom. The van der Waals surface area contributed by atoms with Crippen LogP contribution in [-0.2, 0) is 5.41 Å². The highest BCUT2D eigenvalue weighted by molar-refractivity contribution is 6.09. The molecule has 8 heteroatoms. The van der Waals surface area contributed by atoms with E-state index in [-0.39, 0.29) is 11.7 Å². The summed E-state index contributed by atoms with van der Waals surface area (Å²) in [5, 5.41) is 4.43. The van der Waals surface area contributed by atoms with Crippen LogP contribution in [0.15, 0.2) is 52.4 Å². The first-order chi connectivity index (χ1) is 15.8. The van der Waals surface area contributed by atoms with Crippen LogP contribution in [0.3, 0.4) is 0 Å². The number of nitrogens with zero attached hydrogens (tertiary/aromatic N) is 5. The number of piperazine rings is 1. The SMILES string of the molecule is C=C(N)N=C/C(=C\N)c1ccc(C(C)(c2noc(N3CCN(C4CC4)CC3)n2)C(C)C)cc1. The van der Waals surface area contributed by atoms with E-state index in [1.54, 1.807) is 6.21 Å². The van der Waals surface area contributed by atoms with E-state index in [0.717, 1.165) is 48.9 Å². The van der Waals surface area contributed by atoms with Gasteiger partial charge in [-0.15, -0.1) is 0 Å². The van der Waals surface area contributed by atoms with Gasteiger partial charge in [0, 0.05) is 50.2 Å². The van der Waals surface area contributed by atoms with Gasteiger partial charge in [0.25, 0.3) is 0 Å². The highest BCUT2D eigenvalue weighted by atomic mass is 16.5. The predicted molar refractivity (Wildman–Crippen MR) is 133 cm³/mol. The largest absolute Gasteiger partial charge is 0.404 e. The molecule has 1 aromatic heterocycles. The van der Waals surface area contributed by atoms with Crippen molar-refractivity contribution in [1.29, 1.82) is 0 Å². The molecule has 1 saturated carbocycles. The van der Waals surface area contributed by atoms with Crippen LogP contribution in [0, 0.1) is 5.92 Å². The first-order valence-corrected chi connectivity index (χ1v) is 11.7. The molecule has 8 nitrogen and oxygen atoms in total. The van der Waals surface area contributed by atoms with Crippen molar-refractivity contribution in [1.82, 2.24) is 15.0 Å². The van der Waals surface area contributed by atoms with Gasteiger partial charge in [0.2, 0.25) is 0 Å². The van der Waals surface area contributed by atoms with E-state index in [1.807, 2.05) is 12.1 Å². The molecule has 0 bridgehead atoms. The summed E-state index contributed by atoms with van der Waals surface area (Å²) in [7, 11) is 0. The molecule has 0 radical (unpaired) electrons. The molecule has 1 atom stereocenters. The maximum atomic E-state index is 5.79. The minimum atomic E-state index is -0.400. The fourth-order valence-electron chi connectivity index (χ4n) is 4.37. The third-order valence-electron chi connectivity index (χ3n) is 7.05. The first kappa shape index (κ1) is 23.0.